The number of nitrogens with zero attached hydrogens (tertiary/aromatic N) is 7. The summed E-state index contributed by atoms with van der Waals surface area (Å²) < 4.78 is 9.89. The predicted octanol–water partition coefficient (Wildman–Crippen LogP) is 4.28. The number of hydrogen-bond acceptors (Lipinski definition) is 10. The van der Waals surface area contributed by atoms with Gasteiger partial charge in [0, 0.05) is 43.6 Å². The summed E-state index contributed by atoms with van der Waals surface area (Å²) in [4.78, 5) is 33.9. The van der Waals surface area contributed by atoms with Crippen LogP contribution in [0.15, 0.2) is 24.7 Å². The van der Waals surface area contributed by atoms with E-state index in [1.165, 1.54) is 33.9 Å². The lowest BCUT2D eigenvalue weighted by Gasteiger charge is -2.24. The molecule has 0 spiro atoms. The number of anilines is 4. The second-order valence-electron chi connectivity index (χ2n) is 9.05. The van der Waals surface area contributed by atoms with Crippen LogP contribution in [-0.2, 0) is 11.2 Å². The van der Waals surface area contributed by atoms with Crippen molar-refractivity contribution in [2.24, 2.45) is 0 Å². The third-order valence-electron chi connectivity index (χ3n) is 5.07. The molecule has 0 fully saturated rings. The smallest absolute Gasteiger partial charge is 0.415 e. The highest BCUT2D eigenvalue weighted by Gasteiger charge is 2.25. The van der Waals surface area contributed by atoms with Gasteiger partial charge in [0.05, 0.1) is 11.9 Å². The molecular weight excluding hydrogens is 440 g/mol. The molecule has 1 aliphatic heterocycles. The molecule has 0 aliphatic carbocycles. The van der Waals surface area contributed by atoms with Crippen LogP contribution in [0, 0.1) is 0 Å². The molecule has 3 aromatic heterocycles. The van der Waals surface area contributed by atoms with Crippen molar-refractivity contribution in [3.63, 3.8) is 0 Å². The van der Waals surface area contributed by atoms with Crippen molar-refractivity contribution in [2.75, 3.05) is 28.7 Å². The zero-order valence-corrected chi connectivity index (χ0v) is 20.5. The summed E-state index contributed by atoms with van der Waals surface area (Å²) in [6, 6.07) is 2.50. The molecule has 1 aliphatic rings. The Morgan fingerprint density at radius 3 is 2.73 bits per heavy atom. The molecule has 4 rings (SSSR count). The number of carbonyl (C=O) groups is 1. The normalized spacial score (nSPS) is 13.2. The van der Waals surface area contributed by atoms with E-state index in [1.54, 1.807) is 13.2 Å². The highest BCUT2D eigenvalue weighted by molar-refractivity contribution is 7.09. The topological polar surface area (TPSA) is 109 Å². The van der Waals surface area contributed by atoms with Gasteiger partial charge in [0.1, 0.15) is 11.3 Å². The zero-order valence-electron chi connectivity index (χ0n) is 19.7. The fourth-order valence-electron chi connectivity index (χ4n) is 3.53. The van der Waals surface area contributed by atoms with Gasteiger partial charge in [0.15, 0.2) is 17.5 Å². The zero-order chi connectivity index (χ0) is 23.8. The number of ether oxygens (including phenoxy) is 1. The Balaban J connectivity index is 1.53. The average Bonchev–Trinajstić information content (AvgIpc) is 3.39. The fourth-order valence-corrected chi connectivity index (χ4v) is 4.11. The second kappa shape index (κ2) is 8.89. The first-order valence-corrected chi connectivity index (χ1v) is 11.5. The van der Waals surface area contributed by atoms with E-state index in [0.717, 1.165) is 18.7 Å². The van der Waals surface area contributed by atoms with Gasteiger partial charge >= 0.3 is 6.09 Å². The van der Waals surface area contributed by atoms with Gasteiger partial charge in [0.25, 0.3) is 0 Å². The Kier molecular flexibility index (Phi) is 6.15. The summed E-state index contributed by atoms with van der Waals surface area (Å²) in [6.07, 6.45) is 5.42. The number of rotatable bonds is 5. The van der Waals surface area contributed by atoms with E-state index in [4.69, 9.17) is 4.74 Å². The average molecular weight is 469 g/mol. The molecule has 0 saturated heterocycles. The summed E-state index contributed by atoms with van der Waals surface area (Å²) in [5.74, 6) is 1.25. The van der Waals surface area contributed by atoms with Crippen molar-refractivity contribution in [1.82, 2.24) is 24.3 Å². The van der Waals surface area contributed by atoms with Crippen molar-refractivity contribution in [2.45, 2.75) is 52.7 Å². The monoisotopic (exact) mass is 468 g/mol. The standard InChI is InChI=1S/C22H28N8O2S/c1-13(2)30-10-7-14-11-15(25-12-16(14)30)17-26-20(33-28-17)27-18-19(24-9-8-23-18)29(6)21(31)32-22(3,4)5/h8-9,11-13H,7,10H2,1-6H3,(H,23,26,27,28). The Labute approximate surface area is 197 Å². The summed E-state index contributed by atoms with van der Waals surface area (Å²) in [5.41, 5.74) is 2.54. The molecule has 0 aromatic carbocycles. The van der Waals surface area contributed by atoms with Crippen LogP contribution >= 0.6 is 11.5 Å². The molecule has 0 saturated carbocycles. The van der Waals surface area contributed by atoms with Crippen molar-refractivity contribution in [1.29, 1.82) is 0 Å². The Morgan fingerprint density at radius 2 is 2.00 bits per heavy atom. The lowest BCUT2D eigenvalue weighted by atomic mass is 10.2. The van der Waals surface area contributed by atoms with Crippen LogP contribution in [0.4, 0.5) is 27.2 Å². The third-order valence-corrected chi connectivity index (χ3v) is 5.70. The molecule has 11 heteroatoms. The van der Waals surface area contributed by atoms with Gasteiger partial charge in [-0.25, -0.2) is 14.8 Å². The Morgan fingerprint density at radius 1 is 1.24 bits per heavy atom. The number of fused-ring (bicyclic) bond motifs is 1. The van der Waals surface area contributed by atoms with Crippen LogP contribution < -0.4 is 15.1 Å². The van der Waals surface area contributed by atoms with E-state index in [0.29, 0.717) is 28.6 Å². The van der Waals surface area contributed by atoms with Gasteiger partial charge in [-0.2, -0.15) is 9.36 Å². The van der Waals surface area contributed by atoms with E-state index in [-0.39, 0.29) is 0 Å². The van der Waals surface area contributed by atoms with E-state index in [9.17, 15) is 4.79 Å². The number of pyridine rings is 1. The van der Waals surface area contributed by atoms with Gasteiger partial charge in [-0.3, -0.25) is 9.88 Å². The highest BCUT2D eigenvalue weighted by Crippen LogP contribution is 2.32. The Bertz CT molecular complexity index is 1160. The van der Waals surface area contributed by atoms with E-state index in [2.05, 4.69) is 54.4 Å². The maximum absolute atomic E-state index is 12.5. The first-order chi connectivity index (χ1) is 15.6. The van der Waals surface area contributed by atoms with Crippen LogP contribution in [0.5, 0.6) is 0 Å². The summed E-state index contributed by atoms with van der Waals surface area (Å²) >= 11 is 1.19. The maximum Gasteiger partial charge on any atom is 0.415 e. The maximum atomic E-state index is 12.5. The minimum absolute atomic E-state index is 0.327. The van der Waals surface area contributed by atoms with Crippen molar-refractivity contribution >= 4 is 40.1 Å². The summed E-state index contributed by atoms with van der Waals surface area (Å²) in [6.45, 7) is 10.8. The van der Waals surface area contributed by atoms with Crippen LogP contribution in [0.3, 0.4) is 0 Å². The molecule has 0 atom stereocenters. The van der Waals surface area contributed by atoms with Crippen molar-refractivity contribution < 1.29 is 9.53 Å². The minimum atomic E-state index is -0.621. The number of amides is 1. The molecule has 0 unspecified atom stereocenters. The minimum Gasteiger partial charge on any atom is -0.443 e. The number of aromatic nitrogens is 5. The SMILES string of the molecule is CC(C)N1CCc2cc(-c3nsc(Nc4nccnc4N(C)C(=O)OC(C)(C)C)n3)ncc21. The van der Waals surface area contributed by atoms with E-state index >= 15 is 0 Å². The van der Waals surface area contributed by atoms with Gasteiger partial charge in [-0.05, 0) is 52.7 Å². The largest absolute Gasteiger partial charge is 0.443 e. The molecule has 174 valence electrons. The summed E-state index contributed by atoms with van der Waals surface area (Å²) in [5, 5.41) is 3.65. The molecule has 1 amide bonds. The van der Waals surface area contributed by atoms with E-state index < -0.39 is 11.7 Å². The molecule has 33 heavy (non-hydrogen) atoms. The molecular formula is C22H28N8O2S. The molecule has 10 nitrogen and oxygen atoms in total. The van der Waals surface area contributed by atoms with Crippen LogP contribution in [0.25, 0.3) is 11.5 Å². The van der Waals surface area contributed by atoms with Crippen molar-refractivity contribution in [3.05, 3.63) is 30.2 Å². The van der Waals surface area contributed by atoms with Gasteiger partial charge < -0.3 is 15.0 Å². The Hall–Kier alpha value is -3.34. The third kappa shape index (κ3) is 5.03. The molecule has 0 bridgehead atoms. The first-order valence-electron chi connectivity index (χ1n) is 10.8. The highest BCUT2D eigenvalue weighted by atomic mass is 32.1. The van der Waals surface area contributed by atoms with Crippen molar-refractivity contribution in [3.8, 4) is 11.5 Å². The van der Waals surface area contributed by atoms with Crippen LogP contribution in [-0.4, -0.2) is 55.6 Å². The van der Waals surface area contributed by atoms with Gasteiger partial charge in [0.2, 0.25) is 5.13 Å². The molecule has 0 radical (unpaired) electrons. The van der Waals surface area contributed by atoms with Crippen LogP contribution in [0.1, 0.15) is 40.2 Å². The molecule has 1 N–H and O–H groups in total. The van der Waals surface area contributed by atoms with Crippen LogP contribution in [0.2, 0.25) is 0 Å². The second-order valence-corrected chi connectivity index (χ2v) is 9.80. The lowest BCUT2D eigenvalue weighted by Crippen LogP contribution is -2.35. The molecule has 4 heterocycles. The fraction of sp³-hybridized carbons (Fsp3) is 0.455. The lowest BCUT2D eigenvalue weighted by molar-refractivity contribution is 0.0588. The quantitative estimate of drug-likeness (QED) is 0.587. The summed E-state index contributed by atoms with van der Waals surface area (Å²) in [7, 11) is 1.59. The predicted molar refractivity (Wildman–Crippen MR) is 129 cm³/mol. The number of nitrogens with one attached hydrogen (secondary N) is 1. The molecule has 3 aromatic rings. The number of hydrogen-bond donors (Lipinski definition) is 1. The van der Waals surface area contributed by atoms with E-state index in [1.807, 2.05) is 27.0 Å². The first kappa shape index (κ1) is 22.8. The van der Waals surface area contributed by atoms with Gasteiger partial charge in [-0.15, -0.1) is 0 Å². The van der Waals surface area contributed by atoms with Gasteiger partial charge in [-0.1, -0.05) is 0 Å². The number of carbonyl (C=O) groups excluding carboxylic acids is 1.